The van der Waals surface area contributed by atoms with Crippen molar-refractivity contribution < 1.29 is 13.2 Å². The summed E-state index contributed by atoms with van der Waals surface area (Å²) >= 11 is 0. The number of amides is 1. The summed E-state index contributed by atoms with van der Waals surface area (Å²) in [5.41, 5.74) is 2.42. The maximum atomic E-state index is 12.7. The van der Waals surface area contributed by atoms with Crippen LogP contribution in [0, 0.1) is 5.92 Å². The van der Waals surface area contributed by atoms with Gasteiger partial charge in [0, 0.05) is 32.6 Å². The first kappa shape index (κ1) is 23.7. The van der Waals surface area contributed by atoms with Gasteiger partial charge in [-0.15, -0.1) is 0 Å². The predicted molar refractivity (Wildman–Crippen MR) is 127 cm³/mol. The number of hydrogen-bond acceptors (Lipinski definition) is 4. The molecule has 0 atom stereocenters. The van der Waals surface area contributed by atoms with Crippen molar-refractivity contribution >= 4 is 15.9 Å². The Morgan fingerprint density at radius 2 is 1.59 bits per heavy atom. The third kappa shape index (κ3) is 6.33. The van der Waals surface area contributed by atoms with Gasteiger partial charge in [0.15, 0.2) is 0 Å². The van der Waals surface area contributed by atoms with E-state index in [1.54, 1.807) is 6.07 Å². The zero-order valence-corrected chi connectivity index (χ0v) is 20.2. The Hall–Kier alpha value is -1.44. The van der Waals surface area contributed by atoms with E-state index in [2.05, 4.69) is 9.62 Å². The molecule has 0 saturated carbocycles. The summed E-state index contributed by atoms with van der Waals surface area (Å²) in [7, 11) is -3.57. The minimum absolute atomic E-state index is 0.0614. The lowest BCUT2D eigenvalue weighted by Crippen LogP contribution is -2.42. The summed E-state index contributed by atoms with van der Waals surface area (Å²) in [5, 5.41) is 0. The second-order valence-electron chi connectivity index (χ2n) is 9.82. The summed E-state index contributed by atoms with van der Waals surface area (Å²) in [6.07, 6.45) is 12.0. The monoisotopic (exact) mass is 461 g/mol. The van der Waals surface area contributed by atoms with E-state index in [-0.39, 0.29) is 18.9 Å². The number of aryl methyl sites for hydroxylation is 2. The molecule has 0 bridgehead atoms. The van der Waals surface area contributed by atoms with Crippen LogP contribution < -0.4 is 4.72 Å². The standard InChI is InChI=1S/C25H39N3O3S/c29-25(28-17-12-21(13-18-28)20-27-15-5-1-2-6-16-27)11-14-26-32(30,31)24-10-9-22-7-3-4-8-23(22)19-24/h9-10,19,21,26H,1-8,11-18,20H2. The van der Waals surface area contributed by atoms with Crippen molar-refractivity contribution in [1.29, 1.82) is 0 Å². The van der Waals surface area contributed by atoms with E-state index in [1.165, 1.54) is 57.3 Å². The van der Waals surface area contributed by atoms with Gasteiger partial charge < -0.3 is 9.80 Å². The molecule has 0 aromatic heterocycles. The van der Waals surface area contributed by atoms with Gasteiger partial charge in [0.05, 0.1) is 4.90 Å². The minimum Gasteiger partial charge on any atom is -0.343 e. The summed E-state index contributed by atoms with van der Waals surface area (Å²) < 4.78 is 28.0. The van der Waals surface area contributed by atoms with Gasteiger partial charge in [-0.05, 0) is 93.6 Å². The first-order valence-electron chi connectivity index (χ1n) is 12.6. The van der Waals surface area contributed by atoms with E-state index in [9.17, 15) is 13.2 Å². The molecule has 0 spiro atoms. The Bertz CT molecular complexity index is 870. The number of piperidine rings is 1. The Kier molecular flexibility index (Phi) is 8.24. The van der Waals surface area contributed by atoms with Crippen LogP contribution in [0.1, 0.15) is 68.9 Å². The number of benzene rings is 1. The van der Waals surface area contributed by atoms with Crippen molar-refractivity contribution in [2.75, 3.05) is 39.3 Å². The fourth-order valence-corrected chi connectivity index (χ4v) is 6.54. The molecule has 32 heavy (non-hydrogen) atoms. The van der Waals surface area contributed by atoms with Gasteiger partial charge in [0.25, 0.3) is 0 Å². The highest BCUT2D eigenvalue weighted by molar-refractivity contribution is 7.89. The third-order valence-corrected chi connectivity index (χ3v) is 8.90. The Morgan fingerprint density at radius 1 is 0.906 bits per heavy atom. The molecule has 0 radical (unpaired) electrons. The van der Waals surface area contributed by atoms with Crippen LogP contribution in [0.2, 0.25) is 0 Å². The topological polar surface area (TPSA) is 69.7 Å². The second kappa shape index (κ2) is 11.1. The van der Waals surface area contributed by atoms with E-state index in [4.69, 9.17) is 0 Å². The lowest BCUT2D eigenvalue weighted by molar-refractivity contribution is -0.132. The Labute approximate surface area is 193 Å². The molecule has 4 rings (SSSR count). The van der Waals surface area contributed by atoms with Crippen LogP contribution in [0.15, 0.2) is 23.1 Å². The molecule has 3 aliphatic rings. The number of nitrogens with zero attached hydrogens (tertiary/aromatic N) is 2. The number of rotatable bonds is 7. The zero-order valence-electron chi connectivity index (χ0n) is 19.4. The predicted octanol–water partition coefficient (Wildman–Crippen LogP) is 3.35. The highest BCUT2D eigenvalue weighted by Crippen LogP contribution is 2.24. The third-order valence-electron chi connectivity index (χ3n) is 7.44. The number of carbonyl (C=O) groups is 1. The van der Waals surface area contributed by atoms with E-state index in [0.29, 0.717) is 10.8 Å². The number of fused-ring (bicyclic) bond motifs is 1. The van der Waals surface area contributed by atoms with Crippen molar-refractivity contribution in [3.63, 3.8) is 0 Å². The minimum atomic E-state index is -3.57. The molecular weight excluding hydrogens is 422 g/mol. The van der Waals surface area contributed by atoms with Crippen LogP contribution >= 0.6 is 0 Å². The zero-order chi connectivity index (χ0) is 22.4. The van der Waals surface area contributed by atoms with E-state index in [1.807, 2.05) is 17.0 Å². The van der Waals surface area contributed by atoms with Gasteiger partial charge in [-0.2, -0.15) is 0 Å². The van der Waals surface area contributed by atoms with Crippen molar-refractivity contribution in [3.8, 4) is 0 Å². The summed E-state index contributed by atoms with van der Waals surface area (Å²) in [6.45, 7) is 5.38. The molecule has 2 saturated heterocycles. The smallest absolute Gasteiger partial charge is 0.240 e. The lowest BCUT2D eigenvalue weighted by Gasteiger charge is -2.34. The fourth-order valence-electron chi connectivity index (χ4n) is 5.46. The first-order chi connectivity index (χ1) is 15.5. The highest BCUT2D eigenvalue weighted by Gasteiger charge is 2.25. The summed E-state index contributed by atoms with van der Waals surface area (Å²) in [6, 6.07) is 5.46. The Balaban J connectivity index is 1.19. The van der Waals surface area contributed by atoms with Crippen LogP contribution in [0.25, 0.3) is 0 Å². The number of carbonyl (C=O) groups excluding carboxylic acids is 1. The molecule has 6 nitrogen and oxygen atoms in total. The van der Waals surface area contributed by atoms with Gasteiger partial charge in [0.1, 0.15) is 0 Å². The molecule has 1 aromatic carbocycles. The molecule has 1 aromatic rings. The van der Waals surface area contributed by atoms with Crippen LogP contribution in [-0.4, -0.2) is 63.4 Å². The van der Waals surface area contributed by atoms with E-state index >= 15 is 0 Å². The number of likely N-dealkylation sites (tertiary alicyclic amines) is 2. The van der Waals surface area contributed by atoms with Crippen LogP contribution in [-0.2, 0) is 27.7 Å². The van der Waals surface area contributed by atoms with Gasteiger partial charge >= 0.3 is 0 Å². The number of nitrogens with one attached hydrogen (secondary N) is 1. The van der Waals surface area contributed by atoms with Crippen LogP contribution in [0.4, 0.5) is 0 Å². The van der Waals surface area contributed by atoms with Gasteiger partial charge in [0.2, 0.25) is 15.9 Å². The molecule has 2 aliphatic heterocycles. The summed E-state index contributed by atoms with van der Waals surface area (Å²) in [4.78, 5) is 17.5. The highest BCUT2D eigenvalue weighted by atomic mass is 32.2. The molecular formula is C25H39N3O3S. The van der Waals surface area contributed by atoms with Crippen molar-refractivity contribution in [2.24, 2.45) is 5.92 Å². The molecule has 1 amide bonds. The molecule has 2 heterocycles. The van der Waals surface area contributed by atoms with Crippen LogP contribution in [0.3, 0.4) is 0 Å². The fraction of sp³-hybridized carbons (Fsp3) is 0.720. The van der Waals surface area contributed by atoms with Gasteiger partial charge in [-0.1, -0.05) is 18.9 Å². The molecule has 1 aliphatic carbocycles. The Morgan fingerprint density at radius 3 is 2.31 bits per heavy atom. The van der Waals surface area contributed by atoms with Crippen molar-refractivity contribution in [3.05, 3.63) is 29.3 Å². The number of hydrogen-bond donors (Lipinski definition) is 1. The van der Waals surface area contributed by atoms with Crippen molar-refractivity contribution in [2.45, 2.75) is 75.5 Å². The summed E-state index contributed by atoms with van der Waals surface area (Å²) in [5.74, 6) is 0.742. The maximum absolute atomic E-state index is 12.7. The molecule has 7 heteroatoms. The lowest BCUT2D eigenvalue weighted by atomic mass is 9.92. The first-order valence-corrected chi connectivity index (χ1v) is 14.1. The molecule has 1 N–H and O–H groups in total. The van der Waals surface area contributed by atoms with Gasteiger partial charge in [-0.3, -0.25) is 4.79 Å². The average molecular weight is 462 g/mol. The quantitative estimate of drug-likeness (QED) is 0.676. The van der Waals surface area contributed by atoms with E-state index in [0.717, 1.165) is 50.8 Å². The number of sulfonamides is 1. The normalized spacial score (nSPS) is 21.2. The maximum Gasteiger partial charge on any atom is 0.240 e. The average Bonchev–Trinajstić information content (AvgIpc) is 3.07. The largest absolute Gasteiger partial charge is 0.343 e. The second-order valence-corrected chi connectivity index (χ2v) is 11.6. The van der Waals surface area contributed by atoms with Crippen molar-refractivity contribution in [1.82, 2.24) is 14.5 Å². The van der Waals surface area contributed by atoms with E-state index < -0.39 is 10.0 Å². The SMILES string of the molecule is O=C(CCNS(=O)(=O)c1ccc2c(c1)CCCC2)N1CCC(CN2CCCCCC2)CC1. The van der Waals surface area contributed by atoms with Gasteiger partial charge in [-0.25, -0.2) is 13.1 Å². The molecule has 2 fully saturated rings. The molecule has 178 valence electrons. The molecule has 0 unspecified atom stereocenters. The van der Waals surface area contributed by atoms with Crippen LogP contribution in [0.5, 0.6) is 0 Å².